The molecule has 20 heavy (non-hydrogen) atoms. The van der Waals surface area contributed by atoms with Gasteiger partial charge in [0, 0.05) is 19.7 Å². The third kappa shape index (κ3) is 1.89. The average molecular weight is 268 g/mol. The van der Waals surface area contributed by atoms with E-state index in [9.17, 15) is 0 Å². The molecule has 0 bridgehead atoms. The number of fused-ring (bicyclic) bond motifs is 1. The number of nitrogens with one attached hydrogen (secondary N) is 1. The number of nitrogens with zero attached hydrogens (tertiary/aromatic N) is 5. The van der Waals surface area contributed by atoms with Gasteiger partial charge in [-0.3, -0.25) is 0 Å². The first-order chi connectivity index (χ1) is 9.60. The predicted molar refractivity (Wildman–Crippen MR) is 78.6 cm³/mol. The van der Waals surface area contributed by atoms with Gasteiger partial charge in [0.15, 0.2) is 5.82 Å². The first kappa shape index (κ1) is 12.5. The van der Waals surface area contributed by atoms with E-state index in [4.69, 9.17) is 0 Å². The maximum absolute atomic E-state index is 4.55. The van der Waals surface area contributed by atoms with Gasteiger partial charge < -0.3 is 9.88 Å². The van der Waals surface area contributed by atoms with Crippen LogP contribution in [0.1, 0.15) is 11.6 Å². The Balaban J connectivity index is 2.19. The van der Waals surface area contributed by atoms with E-state index in [1.54, 1.807) is 0 Å². The van der Waals surface area contributed by atoms with Crippen molar-refractivity contribution in [3.05, 3.63) is 29.8 Å². The average Bonchev–Trinajstić information content (AvgIpc) is 2.73. The molecule has 0 saturated heterocycles. The van der Waals surface area contributed by atoms with Crippen LogP contribution in [0.5, 0.6) is 0 Å². The Hall–Kier alpha value is -2.50. The molecule has 3 aromatic rings. The number of imidazole rings is 1. The lowest BCUT2D eigenvalue weighted by molar-refractivity contribution is 0.886. The van der Waals surface area contributed by atoms with Crippen molar-refractivity contribution in [2.75, 3.05) is 12.4 Å². The zero-order chi connectivity index (χ0) is 14.3. The van der Waals surface area contributed by atoms with Gasteiger partial charge >= 0.3 is 0 Å². The first-order valence-electron chi connectivity index (χ1n) is 6.42. The highest BCUT2D eigenvalue weighted by molar-refractivity contribution is 5.84. The highest BCUT2D eigenvalue weighted by Crippen LogP contribution is 2.26. The number of hydrogen-bond donors (Lipinski definition) is 1. The van der Waals surface area contributed by atoms with Crippen LogP contribution in [0.25, 0.3) is 22.3 Å². The summed E-state index contributed by atoms with van der Waals surface area (Å²) in [6.45, 7) is 3.81. The van der Waals surface area contributed by atoms with Gasteiger partial charge in [-0.15, -0.1) is 10.2 Å². The summed E-state index contributed by atoms with van der Waals surface area (Å²) in [4.78, 5) is 8.91. The fourth-order valence-corrected chi connectivity index (χ4v) is 2.24. The summed E-state index contributed by atoms with van der Waals surface area (Å²) in [7, 11) is 3.84. The van der Waals surface area contributed by atoms with Crippen LogP contribution < -0.4 is 5.32 Å². The number of hydrogen-bond acceptors (Lipinski definition) is 5. The van der Waals surface area contributed by atoms with Gasteiger partial charge in [0.1, 0.15) is 17.3 Å². The molecule has 0 fully saturated rings. The van der Waals surface area contributed by atoms with Crippen molar-refractivity contribution in [1.29, 1.82) is 0 Å². The lowest BCUT2D eigenvalue weighted by atomic mass is 10.1. The third-order valence-electron chi connectivity index (χ3n) is 3.41. The Morgan fingerprint density at radius 2 is 1.90 bits per heavy atom. The molecule has 3 rings (SSSR count). The maximum atomic E-state index is 4.55. The molecule has 0 radical (unpaired) electrons. The molecule has 0 spiro atoms. The van der Waals surface area contributed by atoms with Gasteiger partial charge in [-0.1, -0.05) is 6.07 Å². The first-order valence-corrected chi connectivity index (χ1v) is 6.42. The Morgan fingerprint density at radius 1 is 1.10 bits per heavy atom. The summed E-state index contributed by atoms with van der Waals surface area (Å²) >= 11 is 0. The monoisotopic (exact) mass is 268 g/mol. The molecule has 0 aliphatic rings. The van der Waals surface area contributed by atoms with Crippen molar-refractivity contribution < 1.29 is 0 Å². The highest BCUT2D eigenvalue weighted by Gasteiger charge is 2.11. The molecule has 102 valence electrons. The summed E-state index contributed by atoms with van der Waals surface area (Å²) in [5.74, 6) is 2.36. The Labute approximate surface area is 116 Å². The van der Waals surface area contributed by atoms with Crippen LogP contribution in [0, 0.1) is 13.8 Å². The second-order valence-corrected chi connectivity index (χ2v) is 4.73. The molecule has 0 saturated carbocycles. The SMILES string of the molecule is CNc1nc(C)nnc1-c1ccc2c(c1)nc(C)n2C. The summed E-state index contributed by atoms with van der Waals surface area (Å²) in [6.07, 6.45) is 0. The second kappa shape index (κ2) is 4.56. The van der Waals surface area contributed by atoms with Gasteiger partial charge in [-0.25, -0.2) is 9.97 Å². The molecule has 1 aromatic carbocycles. The van der Waals surface area contributed by atoms with Crippen LogP contribution in [0.15, 0.2) is 18.2 Å². The van der Waals surface area contributed by atoms with E-state index in [0.717, 1.165) is 33.9 Å². The van der Waals surface area contributed by atoms with Crippen LogP contribution in [-0.4, -0.2) is 31.8 Å². The molecule has 1 N–H and O–H groups in total. The minimum Gasteiger partial charge on any atom is -0.371 e. The van der Waals surface area contributed by atoms with E-state index in [1.807, 2.05) is 46.1 Å². The van der Waals surface area contributed by atoms with Gasteiger partial charge in [0.2, 0.25) is 0 Å². The molecular weight excluding hydrogens is 252 g/mol. The van der Waals surface area contributed by atoms with Gasteiger partial charge in [0.25, 0.3) is 0 Å². The minimum atomic E-state index is 0.646. The number of benzene rings is 1. The van der Waals surface area contributed by atoms with Crippen molar-refractivity contribution in [2.24, 2.45) is 7.05 Å². The van der Waals surface area contributed by atoms with Crippen LogP contribution in [0.2, 0.25) is 0 Å². The highest BCUT2D eigenvalue weighted by atomic mass is 15.2. The number of anilines is 1. The molecule has 0 aliphatic heterocycles. The maximum Gasteiger partial charge on any atom is 0.156 e. The quantitative estimate of drug-likeness (QED) is 0.770. The zero-order valence-corrected chi connectivity index (χ0v) is 12.0. The molecule has 0 amide bonds. The van der Waals surface area contributed by atoms with E-state index in [-0.39, 0.29) is 0 Å². The normalized spacial score (nSPS) is 11.0. The summed E-state index contributed by atoms with van der Waals surface area (Å²) in [5.41, 5.74) is 3.75. The molecule has 0 atom stereocenters. The number of rotatable bonds is 2. The van der Waals surface area contributed by atoms with Crippen LogP contribution in [-0.2, 0) is 7.05 Å². The lowest BCUT2D eigenvalue weighted by Crippen LogP contribution is -2.02. The fraction of sp³-hybridized carbons (Fsp3) is 0.286. The second-order valence-electron chi connectivity index (χ2n) is 4.73. The van der Waals surface area contributed by atoms with Crippen LogP contribution >= 0.6 is 0 Å². The minimum absolute atomic E-state index is 0.646. The van der Waals surface area contributed by atoms with Crippen LogP contribution in [0.3, 0.4) is 0 Å². The van der Waals surface area contributed by atoms with Crippen molar-refractivity contribution in [2.45, 2.75) is 13.8 Å². The Morgan fingerprint density at radius 3 is 2.65 bits per heavy atom. The molecule has 2 heterocycles. The summed E-state index contributed by atoms with van der Waals surface area (Å²) in [6, 6.07) is 6.08. The van der Waals surface area contributed by atoms with Gasteiger partial charge in [0.05, 0.1) is 11.0 Å². The smallest absolute Gasteiger partial charge is 0.156 e. The Kier molecular flexibility index (Phi) is 2.85. The van der Waals surface area contributed by atoms with Crippen molar-refractivity contribution in [1.82, 2.24) is 24.7 Å². The van der Waals surface area contributed by atoms with Crippen LogP contribution in [0.4, 0.5) is 5.82 Å². The Bertz CT molecular complexity index is 790. The molecule has 0 unspecified atom stereocenters. The molecule has 6 heteroatoms. The predicted octanol–water partition coefficient (Wildman–Crippen LogP) is 2.08. The standard InChI is InChI=1S/C14H16N6/c1-8-16-14(15-3)13(19-18-8)10-5-6-12-11(7-10)17-9(2)20(12)4/h5-7H,1-4H3,(H,15,16,18). The largest absolute Gasteiger partial charge is 0.371 e. The topological polar surface area (TPSA) is 68.5 Å². The van der Waals surface area contributed by atoms with Crippen molar-refractivity contribution >= 4 is 16.9 Å². The van der Waals surface area contributed by atoms with E-state index in [2.05, 4.69) is 30.0 Å². The fourth-order valence-electron chi connectivity index (χ4n) is 2.24. The third-order valence-corrected chi connectivity index (χ3v) is 3.41. The van der Waals surface area contributed by atoms with E-state index < -0.39 is 0 Å². The van der Waals surface area contributed by atoms with E-state index in [1.165, 1.54) is 0 Å². The number of aromatic nitrogens is 5. The molecule has 6 nitrogen and oxygen atoms in total. The van der Waals surface area contributed by atoms with E-state index >= 15 is 0 Å². The lowest BCUT2D eigenvalue weighted by Gasteiger charge is -2.07. The van der Waals surface area contributed by atoms with Gasteiger partial charge in [-0.2, -0.15) is 0 Å². The van der Waals surface area contributed by atoms with Crippen molar-refractivity contribution in [3.63, 3.8) is 0 Å². The zero-order valence-electron chi connectivity index (χ0n) is 12.0. The van der Waals surface area contributed by atoms with Crippen molar-refractivity contribution in [3.8, 4) is 11.3 Å². The summed E-state index contributed by atoms with van der Waals surface area (Å²) < 4.78 is 2.07. The molecule has 2 aromatic heterocycles. The van der Waals surface area contributed by atoms with E-state index in [0.29, 0.717) is 5.82 Å². The number of aryl methyl sites for hydroxylation is 3. The summed E-state index contributed by atoms with van der Waals surface area (Å²) in [5, 5.41) is 11.3. The molecular formula is C14H16N6. The van der Waals surface area contributed by atoms with Gasteiger partial charge in [-0.05, 0) is 26.0 Å². The molecule has 0 aliphatic carbocycles.